The van der Waals surface area contributed by atoms with Crippen molar-refractivity contribution in [2.45, 2.75) is 25.2 Å². The average molecular weight is 224 g/mol. The Morgan fingerprint density at radius 3 is 2.53 bits per heavy atom. The Hall–Kier alpha value is -1.29. The van der Waals surface area contributed by atoms with Gasteiger partial charge in [0.15, 0.2) is 5.12 Å². The second kappa shape index (κ2) is 4.98. The van der Waals surface area contributed by atoms with Gasteiger partial charge in [-0.25, -0.2) is 4.79 Å². The molecule has 0 heterocycles. The Balaban J connectivity index is 3.21. The molecule has 1 N–H and O–H groups in total. The molecule has 0 aliphatic rings. The maximum absolute atomic E-state index is 11.0. The number of hydrogen-bond donors (Lipinski definition) is 1. The van der Waals surface area contributed by atoms with Gasteiger partial charge in [-0.1, -0.05) is 24.8 Å². The molecule has 4 heteroatoms. The van der Waals surface area contributed by atoms with Crippen molar-refractivity contribution in [3.63, 3.8) is 0 Å². The van der Waals surface area contributed by atoms with E-state index in [2.05, 4.69) is 0 Å². The van der Waals surface area contributed by atoms with Gasteiger partial charge in [0.1, 0.15) is 0 Å². The number of carboxylic acid groups (broad SMARTS) is 1. The molecule has 0 aliphatic heterocycles. The van der Waals surface area contributed by atoms with Crippen LogP contribution < -0.4 is 0 Å². The highest BCUT2D eigenvalue weighted by Gasteiger charge is 2.13. The summed E-state index contributed by atoms with van der Waals surface area (Å²) < 4.78 is 0. The van der Waals surface area contributed by atoms with E-state index in [-0.39, 0.29) is 10.7 Å². The zero-order chi connectivity index (χ0) is 11.4. The first kappa shape index (κ1) is 11.8. The van der Waals surface area contributed by atoms with Crippen LogP contribution in [-0.2, 0) is 11.2 Å². The van der Waals surface area contributed by atoms with Crippen LogP contribution in [0.1, 0.15) is 29.8 Å². The van der Waals surface area contributed by atoms with E-state index in [1.54, 1.807) is 18.2 Å². The van der Waals surface area contributed by atoms with Gasteiger partial charge in [0.2, 0.25) is 0 Å². The van der Waals surface area contributed by atoms with Gasteiger partial charge in [0.05, 0.1) is 5.56 Å². The van der Waals surface area contributed by atoms with Crippen molar-refractivity contribution in [3.05, 3.63) is 29.3 Å². The minimum Gasteiger partial charge on any atom is -0.478 e. The van der Waals surface area contributed by atoms with E-state index in [1.807, 2.05) is 6.92 Å². The summed E-state index contributed by atoms with van der Waals surface area (Å²) >= 11 is 1.08. The van der Waals surface area contributed by atoms with Crippen LogP contribution in [0.4, 0.5) is 0 Å². The van der Waals surface area contributed by atoms with E-state index in [0.29, 0.717) is 6.42 Å². The fraction of sp³-hybridized carbons (Fsp3) is 0.273. The predicted molar refractivity (Wildman–Crippen MR) is 59.3 cm³/mol. The molecule has 0 bridgehead atoms. The Labute approximate surface area is 92.5 Å². The minimum absolute atomic E-state index is 0.0350. The quantitative estimate of drug-likeness (QED) is 0.802. The summed E-state index contributed by atoms with van der Waals surface area (Å²) in [7, 11) is 0. The molecule has 15 heavy (non-hydrogen) atoms. The molecular weight excluding hydrogens is 212 g/mol. The van der Waals surface area contributed by atoms with Crippen molar-refractivity contribution in [1.29, 1.82) is 0 Å². The summed E-state index contributed by atoms with van der Waals surface area (Å²) in [6, 6.07) is 5.00. The molecule has 0 radical (unpaired) electrons. The Morgan fingerprint density at radius 1 is 1.40 bits per heavy atom. The van der Waals surface area contributed by atoms with Crippen LogP contribution in [-0.4, -0.2) is 16.2 Å². The Kier molecular flexibility index (Phi) is 3.91. The topological polar surface area (TPSA) is 54.4 Å². The second-order valence-corrected chi connectivity index (χ2v) is 4.25. The fourth-order valence-electron chi connectivity index (χ4n) is 1.38. The van der Waals surface area contributed by atoms with E-state index < -0.39 is 5.97 Å². The summed E-state index contributed by atoms with van der Waals surface area (Å²) in [5, 5.41) is 8.93. The number of thioether (sulfide) groups is 1. The van der Waals surface area contributed by atoms with Gasteiger partial charge < -0.3 is 5.11 Å². The molecule has 0 saturated carbocycles. The van der Waals surface area contributed by atoms with Crippen molar-refractivity contribution in [3.8, 4) is 0 Å². The van der Waals surface area contributed by atoms with E-state index >= 15 is 0 Å². The number of rotatable bonds is 3. The molecule has 0 atom stereocenters. The maximum Gasteiger partial charge on any atom is 0.336 e. The van der Waals surface area contributed by atoms with Crippen molar-refractivity contribution >= 4 is 22.8 Å². The largest absolute Gasteiger partial charge is 0.478 e. The highest BCUT2D eigenvalue weighted by molar-refractivity contribution is 8.13. The minimum atomic E-state index is -0.946. The van der Waals surface area contributed by atoms with Gasteiger partial charge in [0, 0.05) is 11.8 Å². The summed E-state index contributed by atoms with van der Waals surface area (Å²) in [4.78, 5) is 22.6. The summed E-state index contributed by atoms with van der Waals surface area (Å²) in [5.41, 5.74) is 1.01. The lowest BCUT2D eigenvalue weighted by molar-refractivity contribution is -0.109. The third-order valence-corrected chi connectivity index (χ3v) is 2.86. The lowest BCUT2D eigenvalue weighted by Gasteiger charge is -2.08. The van der Waals surface area contributed by atoms with Crippen LogP contribution in [0.15, 0.2) is 23.1 Å². The summed E-state index contributed by atoms with van der Waals surface area (Å²) in [6.07, 6.45) is 0.609. The third kappa shape index (κ3) is 2.83. The van der Waals surface area contributed by atoms with Crippen molar-refractivity contribution in [1.82, 2.24) is 0 Å². The van der Waals surface area contributed by atoms with Crippen molar-refractivity contribution in [2.75, 3.05) is 0 Å². The summed E-state index contributed by atoms with van der Waals surface area (Å²) in [6.45, 7) is 3.35. The molecule has 0 aliphatic carbocycles. The van der Waals surface area contributed by atoms with Crippen LogP contribution >= 0.6 is 11.8 Å². The van der Waals surface area contributed by atoms with Crippen LogP contribution in [0, 0.1) is 0 Å². The van der Waals surface area contributed by atoms with E-state index in [9.17, 15) is 9.59 Å². The SMILES string of the molecule is CCc1c(SC(C)=O)cccc1C(=O)O. The number of carbonyl (C=O) groups excluding carboxylic acids is 1. The number of carbonyl (C=O) groups is 2. The maximum atomic E-state index is 11.0. The van der Waals surface area contributed by atoms with Gasteiger partial charge in [-0.2, -0.15) is 0 Å². The third-order valence-electron chi connectivity index (χ3n) is 1.97. The number of benzene rings is 1. The fourth-order valence-corrected chi connectivity index (χ4v) is 2.21. The highest BCUT2D eigenvalue weighted by Crippen LogP contribution is 2.26. The molecule has 1 aromatic carbocycles. The van der Waals surface area contributed by atoms with Crippen LogP contribution in [0.3, 0.4) is 0 Å². The van der Waals surface area contributed by atoms with Crippen LogP contribution in [0.2, 0.25) is 0 Å². The summed E-state index contributed by atoms with van der Waals surface area (Å²) in [5.74, 6) is -0.946. The molecule has 80 valence electrons. The zero-order valence-electron chi connectivity index (χ0n) is 8.61. The Morgan fingerprint density at radius 2 is 2.07 bits per heavy atom. The van der Waals surface area contributed by atoms with Gasteiger partial charge in [-0.3, -0.25) is 4.79 Å². The monoisotopic (exact) mass is 224 g/mol. The molecular formula is C11H12O3S. The molecule has 0 fully saturated rings. The normalized spacial score (nSPS) is 10.0. The van der Waals surface area contributed by atoms with Gasteiger partial charge in [0.25, 0.3) is 0 Å². The molecule has 3 nitrogen and oxygen atoms in total. The first-order chi connectivity index (χ1) is 7.06. The molecule has 0 unspecified atom stereocenters. The van der Waals surface area contributed by atoms with Gasteiger partial charge in [-0.15, -0.1) is 0 Å². The van der Waals surface area contributed by atoms with Crippen molar-refractivity contribution < 1.29 is 14.7 Å². The van der Waals surface area contributed by atoms with Gasteiger partial charge in [-0.05, 0) is 24.1 Å². The molecule has 0 saturated heterocycles. The molecule has 1 rings (SSSR count). The number of hydrogen-bond acceptors (Lipinski definition) is 3. The van der Waals surface area contributed by atoms with E-state index in [1.165, 1.54) is 6.92 Å². The Bertz CT molecular complexity index is 399. The van der Waals surface area contributed by atoms with E-state index in [4.69, 9.17) is 5.11 Å². The molecule has 0 amide bonds. The van der Waals surface area contributed by atoms with Gasteiger partial charge >= 0.3 is 5.97 Å². The van der Waals surface area contributed by atoms with E-state index in [0.717, 1.165) is 22.2 Å². The standard InChI is InChI=1S/C11H12O3S/c1-3-8-9(11(13)14)5-4-6-10(8)15-7(2)12/h4-6H,3H2,1-2H3,(H,13,14). The highest BCUT2D eigenvalue weighted by atomic mass is 32.2. The number of aromatic carboxylic acids is 1. The molecule has 1 aromatic rings. The molecule has 0 spiro atoms. The average Bonchev–Trinajstić information content (AvgIpc) is 2.16. The lowest BCUT2D eigenvalue weighted by Crippen LogP contribution is -2.03. The van der Waals surface area contributed by atoms with Crippen LogP contribution in [0.25, 0.3) is 0 Å². The first-order valence-corrected chi connectivity index (χ1v) is 5.41. The zero-order valence-corrected chi connectivity index (χ0v) is 9.43. The van der Waals surface area contributed by atoms with Crippen LogP contribution in [0.5, 0.6) is 0 Å². The first-order valence-electron chi connectivity index (χ1n) is 4.59. The molecule has 0 aromatic heterocycles. The lowest BCUT2D eigenvalue weighted by atomic mass is 10.1. The predicted octanol–water partition coefficient (Wildman–Crippen LogP) is 2.59. The second-order valence-electron chi connectivity index (χ2n) is 3.03. The smallest absolute Gasteiger partial charge is 0.336 e. The number of carboxylic acids is 1. The van der Waals surface area contributed by atoms with Crippen molar-refractivity contribution in [2.24, 2.45) is 0 Å².